The van der Waals surface area contributed by atoms with Gasteiger partial charge < -0.3 is 15.0 Å². The standard InChI is InChI=1S/C12H19N3O3/c1-15(8-10(16)14-6-7-18-2)11(17)12(9-13)4-3-5-12/h3-8H2,1-2H3,(H,14,16). The first-order chi connectivity index (χ1) is 8.55. The third-order valence-corrected chi connectivity index (χ3v) is 3.19. The first-order valence-corrected chi connectivity index (χ1v) is 5.98. The van der Waals surface area contributed by atoms with Gasteiger partial charge in [-0.25, -0.2) is 0 Å². The molecule has 18 heavy (non-hydrogen) atoms. The fraction of sp³-hybridized carbons (Fsp3) is 0.750. The molecule has 2 amide bonds. The lowest BCUT2D eigenvalue weighted by Gasteiger charge is -2.36. The molecule has 6 nitrogen and oxygen atoms in total. The number of ether oxygens (including phenoxy) is 1. The third kappa shape index (κ3) is 3.20. The van der Waals surface area contributed by atoms with E-state index in [1.165, 1.54) is 4.90 Å². The van der Waals surface area contributed by atoms with Gasteiger partial charge in [0.15, 0.2) is 0 Å². The zero-order valence-electron chi connectivity index (χ0n) is 10.9. The second-order valence-corrected chi connectivity index (χ2v) is 4.55. The van der Waals surface area contributed by atoms with Gasteiger partial charge in [0.1, 0.15) is 5.41 Å². The van der Waals surface area contributed by atoms with Crippen molar-refractivity contribution in [2.45, 2.75) is 19.3 Å². The Labute approximate surface area is 107 Å². The number of nitrogens with zero attached hydrogens (tertiary/aromatic N) is 2. The molecule has 1 N–H and O–H groups in total. The van der Waals surface area contributed by atoms with Crippen LogP contribution in [0.5, 0.6) is 0 Å². The predicted molar refractivity (Wildman–Crippen MR) is 64.4 cm³/mol. The van der Waals surface area contributed by atoms with Crippen LogP contribution in [0.15, 0.2) is 0 Å². The van der Waals surface area contributed by atoms with E-state index in [4.69, 9.17) is 10.00 Å². The van der Waals surface area contributed by atoms with Gasteiger partial charge in [-0.05, 0) is 19.3 Å². The Kier molecular flexibility index (Phi) is 5.10. The van der Waals surface area contributed by atoms with Gasteiger partial charge in [0.05, 0.1) is 19.2 Å². The highest BCUT2D eigenvalue weighted by atomic mass is 16.5. The number of likely N-dealkylation sites (N-methyl/N-ethyl adjacent to an activating group) is 1. The van der Waals surface area contributed by atoms with E-state index < -0.39 is 5.41 Å². The normalized spacial score (nSPS) is 16.3. The molecule has 6 heteroatoms. The number of carbonyl (C=O) groups excluding carboxylic acids is 2. The Balaban J connectivity index is 2.40. The van der Waals surface area contributed by atoms with Gasteiger partial charge >= 0.3 is 0 Å². The quantitative estimate of drug-likeness (QED) is 0.670. The van der Waals surface area contributed by atoms with Gasteiger partial charge in [0, 0.05) is 20.7 Å². The Morgan fingerprint density at radius 1 is 1.50 bits per heavy atom. The number of rotatable bonds is 6. The topological polar surface area (TPSA) is 82.4 Å². The lowest BCUT2D eigenvalue weighted by molar-refractivity contribution is -0.144. The third-order valence-electron chi connectivity index (χ3n) is 3.19. The van der Waals surface area contributed by atoms with Crippen LogP contribution in [0.3, 0.4) is 0 Å². The molecule has 100 valence electrons. The molecule has 0 bridgehead atoms. The van der Waals surface area contributed by atoms with Gasteiger partial charge in [-0.2, -0.15) is 5.26 Å². The minimum absolute atomic E-state index is 0.0218. The summed E-state index contributed by atoms with van der Waals surface area (Å²) in [4.78, 5) is 24.9. The molecule has 0 aromatic rings. The van der Waals surface area contributed by atoms with E-state index in [0.29, 0.717) is 26.0 Å². The molecular formula is C12H19N3O3. The van der Waals surface area contributed by atoms with Crippen molar-refractivity contribution in [2.24, 2.45) is 5.41 Å². The monoisotopic (exact) mass is 253 g/mol. The molecule has 1 aliphatic rings. The molecule has 0 aromatic carbocycles. The summed E-state index contributed by atoms with van der Waals surface area (Å²) in [5.41, 5.74) is -0.887. The van der Waals surface area contributed by atoms with Crippen LogP contribution in [0, 0.1) is 16.7 Å². The van der Waals surface area contributed by atoms with E-state index in [0.717, 1.165) is 6.42 Å². The van der Waals surface area contributed by atoms with Crippen LogP contribution in [-0.4, -0.2) is 50.6 Å². The molecule has 1 fully saturated rings. The summed E-state index contributed by atoms with van der Waals surface area (Å²) >= 11 is 0. The second kappa shape index (κ2) is 6.36. The second-order valence-electron chi connectivity index (χ2n) is 4.55. The SMILES string of the molecule is COCCNC(=O)CN(C)C(=O)C1(C#N)CCC1. The molecule has 0 atom stereocenters. The van der Waals surface area contributed by atoms with Crippen LogP contribution >= 0.6 is 0 Å². The smallest absolute Gasteiger partial charge is 0.243 e. The number of hydrogen-bond acceptors (Lipinski definition) is 4. The summed E-state index contributed by atoms with van der Waals surface area (Å²) in [6, 6.07) is 2.08. The fourth-order valence-corrected chi connectivity index (χ4v) is 1.90. The molecule has 1 aliphatic carbocycles. The molecule has 0 heterocycles. The Morgan fingerprint density at radius 3 is 2.61 bits per heavy atom. The molecule has 0 aromatic heterocycles. The Bertz CT molecular complexity index is 358. The molecule has 0 aliphatic heterocycles. The van der Waals surface area contributed by atoms with Crippen LogP contribution < -0.4 is 5.32 Å². The van der Waals surface area contributed by atoms with Crippen LogP contribution in [0.2, 0.25) is 0 Å². The molecular weight excluding hydrogens is 234 g/mol. The summed E-state index contributed by atoms with van der Waals surface area (Å²) in [6.45, 7) is 0.832. The summed E-state index contributed by atoms with van der Waals surface area (Å²) < 4.78 is 4.80. The van der Waals surface area contributed by atoms with E-state index in [2.05, 4.69) is 11.4 Å². The van der Waals surface area contributed by atoms with Gasteiger partial charge in [-0.1, -0.05) is 0 Å². The van der Waals surface area contributed by atoms with Crippen molar-refractivity contribution in [3.8, 4) is 6.07 Å². The van der Waals surface area contributed by atoms with E-state index in [1.807, 2.05) is 0 Å². The molecule has 1 rings (SSSR count). The summed E-state index contributed by atoms with van der Waals surface area (Å²) in [5, 5.41) is 11.7. The average molecular weight is 253 g/mol. The van der Waals surface area contributed by atoms with Crippen molar-refractivity contribution in [1.29, 1.82) is 5.26 Å². The predicted octanol–water partition coefficient (Wildman–Crippen LogP) is -0.0987. The van der Waals surface area contributed by atoms with Crippen molar-refractivity contribution < 1.29 is 14.3 Å². The van der Waals surface area contributed by atoms with Crippen LogP contribution in [0.4, 0.5) is 0 Å². The van der Waals surface area contributed by atoms with Crippen LogP contribution in [-0.2, 0) is 14.3 Å². The Hall–Kier alpha value is -1.61. The number of methoxy groups -OCH3 is 1. The van der Waals surface area contributed by atoms with Gasteiger partial charge in [0.25, 0.3) is 0 Å². The van der Waals surface area contributed by atoms with E-state index in [9.17, 15) is 9.59 Å². The number of hydrogen-bond donors (Lipinski definition) is 1. The number of carbonyl (C=O) groups is 2. The zero-order valence-corrected chi connectivity index (χ0v) is 10.9. The van der Waals surface area contributed by atoms with Gasteiger partial charge in [-0.3, -0.25) is 9.59 Å². The van der Waals surface area contributed by atoms with Crippen molar-refractivity contribution >= 4 is 11.8 Å². The zero-order chi connectivity index (χ0) is 13.6. The van der Waals surface area contributed by atoms with Crippen LogP contribution in [0.25, 0.3) is 0 Å². The fourth-order valence-electron chi connectivity index (χ4n) is 1.90. The highest BCUT2D eigenvalue weighted by Gasteiger charge is 2.46. The lowest BCUT2D eigenvalue weighted by Crippen LogP contribution is -2.48. The number of nitrogens with one attached hydrogen (secondary N) is 1. The van der Waals surface area contributed by atoms with Crippen molar-refractivity contribution in [3.63, 3.8) is 0 Å². The molecule has 0 spiro atoms. The minimum Gasteiger partial charge on any atom is -0.383 e. The maximum Gasteiger partial charge on any atom is 0.243 e. The van der Waals surface area contributed by atoms with Crippen molar-refractivity contribution in [1.82, 2.24) is 10.2 Å². The first-order valence-electron chi connectivity index (χ1n) is 5.98. The Morgan fingerprint density at radius 2 is 2.17 bits per heavy atom. The summed E-state index contributed by atoms with van der Waals surface area (Å²) in [7, 11) is 3.10. The largest absolute Gasteiger partial charge is 0.383 e. The summed E-state index contributed by atoms with van der Waals surface area (Å²) in [6.07, 6.45) is 2.09. The average Bonchev–Trinajstić information content (AvgIpc) is 2.28. The molecule has 0 radical (unpaired) electrons. The van der Waals surface area contributed by atoms with Gasteiger partial charge in [0.2, 0.25) is 11.8 Å². The minimum atomic E-state index is -0.887. The maximum absolute atomic E-state index is 12.0. The lowest BCUT2D eigenvalue weighted by atomic mass is 9.69. The number of nitriles is 1. The molecule has 1 saturated carbocycles. The van der Waals surface area contributed by atoms with Crippen molar-refractivity contribution in [2.75, 3.05) is 33.9 Å². The van der Waals surface area contributed by atoms with Crippen LogP contribution in [0.1, 0.15) is 19.3 Å². The van der Waals surface area contributed by atoms with E-state index in [1.54, 1.807) is 14.2 Å². The highest BCUT2D eigenvalue weighted by molar-refractivity contribution is 5.90. The highest BCUT2D eigenvalue weighted by Crippen LogP contribution is 2.41. The van der Waals surface area contributed by atoms with Gasteiger partial charge in [-0.15, -0.1) is 0 Å². The number of amides is 2. The maximum atomic E-state index is 12.0. The summed E-state index contributed by atoms with van der Waals surface area (Å²) in [5.74, 6) is -0.492. The first kappa shape index (κ1) is 14.5. The van der Waals surface area contributed by atoms with Crippen molar-refractivity contribution in [3.05, 3.63) is 0 Å². The molecule has 0 saturated heterocycles. The van der Waals surface area contributed by atoms with E-state index >= 15 is 0 Å². The van der Waals surface area contributed by atoms with E-state index in [-0.39, 0.29) is 18.4 Å². The molecule has 0 unspecified atom stereocenters.